The predicted octanol–water partition coefficient (Wildman–Crippen LogP) is 4.82. The first-order valence-corrected chi connectivity index (χ1v) is 30.6. The number of hydrogen-bond donors (Lipinski definition) is 8. The number of urea groups is 1. The van der Waals surface area contributed by atoms with Crippen LogP contribution in [0.5, 0.6) is 0 Å². The van der Waals surface area contributed by atoms with Gasteiger partial charge in [-0.15, -0.1) is 0 Å². The monoisotopic (exact) mass is 1230 g/mol. The summed E-state index contributed by atoms with van der Waals surface area (Å²) in [6.45, 7) is 15.2. The number of carbonyl (C=O) groups excluding carboxylic acids is 9. The second-order valence-corrected chi connectivity index (χ2v) is 24.1. The molecule has 0 radical (unpaired) electrons. The first-order chi connectivity index (χ1) is 41.6. The van der Waals surface area contributed by atoms with Gasteiger partial charge in [-0.3, -0.25) is 33.7 Å². The molecule has 9 N–H and O–H groups in total. The van der Waals surface area contributed by atoms with Crippen LogP contribution in [-0.2, 0) is 59.1 Å². The van der Waals surface area contributed by atoms with Crippen LogP contribution in [0.25, 0.3) is 0 Å². The number of primary amides is 1. The zero-order chi connectivity index (χ0) is 64.9. The van der Waals surface area contributed by atoms with E-state index >= 15 is 0 Å². The van der Waals surface area contributed by atoms with Crippen LogP contribution in [0.15, 0.2) is 72.4 Å². The lowest BCUT2D eigenvalue weighted by atomic mass is 9.88. The number of rotatable bonds is 28. The van der Waals surface area contributed by atoms with Crippen LogP contribution in [0.4, 0.5) is 20.1 Å². The first kappa shape index (κ1) is 71.6. The van der Waals surface area contributed by atoms with Gasteiger partial charge in [0.2, 0.25) is 17.7 Å². The number of aliphatic hydroxyl groups excluding tert-OH is 2. The Hall–Kier alpha value is -7.19. The van der Waals surface area contributed by atoms with Gasteiger partial charge in [0.05, 0.1) is 36.4 Å². The molecule has 4 aliphatic heterocycles. The molecule has 0 aromatic heterocycles. The minimum Gasteiger partial charge on any atom is -0.457 e. The van der Waals surface area contributed by atoms with Gasteiger partial charge in [0.1, 0.15) is 30.4 Å². The molecular formula is C63H94N8O17. The molecule has 2 fully saturated rings. The number of nitrogens with two attached hydrogens (primary N) is 1. The summed E-state index contributed by atoms with van der Waals surface area (Å²) in [7, 11) is 1.48. The van der Waals surface area contributed by atoms with Gasteiger partial charge in [-0.05, 0) is 101 Å². The zero-order valence-electron chi connectivity index (χ0n) is 52.4. The number of allylic oxidation sites excluding steroid dienone is 2. The topological polar surface area (TPSA) is 348 Å². The van der Waals surface area contributed by atoms with E-state index in [4.69, 9.17) is 29.4 Å². The minimum absolute atomic E-state index is 0.0613. The van der Waals surface area contributed by atoms with Crippen LogP contribution in [0, 0.1) is 17.8 Å². The van der Waals surface area contributed by atoms with E-state index in [1.165, 1.54) is 29.1 Å². The van der Waals surface area contributed by atoms with Crippen LogP contribution in [0.1, 0.15) is 132 Å². The number of epoxide rings is 1. The quantitative estimate of drug-likeness (QED) is 0.0106. The highest BCUT2D eigenvalue weighted by Crippen LogP contribution is 2.38. The lowest BCUT2D eigenvalue weighted by molar-refractivity contribution is -0.151. The highest BCUT2D eigenvalue weighted by molar-refractivity contribution is 6.12. The fourth-order valence-electron chi connectivity index (χ4n) is 10.6. The van der Waals surface area contributed by atoms with E-state index in [-0.39, 0.29) is 126 Å². The van der Waals surface area contributed by atoms with Gasteiger partial charge in [0.25, 0.3) is 11.8 Å². The number of nitrogens with one attached hydrogen (secondary N) is 4. The maximum Gasteiger partial charge on any atom is 0.410 e. The van der Waals surface area contributed by atoms with Crippen molar-refractivity contribution in [2.45, 2.75) is 193 Å². The summed E-state index contributed by atoms with van der Waals surface area (Å²) in [5, 5.41) is 43.2. The van der Waals surface area contributed by atoms with E-state index in [0.717, 1.165) is 4.90 Å². The van der Waals surface area contributed by atoms with Crippen LogP contribution >= 0.6 is 0 Å². The summed E-state index contributed by atoms with van der Waals surface area (Å²) in [4.78, 5) is 120. The number of nitrogens with zero attached hydrogens (tertiary/aromatic N) is 3. The summed E-state index contributed by atoms with van der Waals surface area (Å²) < 4.78 is 29.5. The van der Waals surface area contributed by atoms with Crippen LogP contribution in [-0.4, -0.2) is 190 Å². The van der Waals surface area contributed by atoms with Crippen molar-refractivity contribution in [1.82, 2.24) is 30.7 Å². The van der Waals surface area contributed by atoms with Gasteiger partial charge in [0.15, 0.2) is 6.10 Å². The van der Waals surface area contributed by atoms with E-state index in [1.807, 2.05) is 20.8 Å². The number of benzene rings is 1. The molecule has 1 aromatic rings. The number of ether oxygens (including phenoxy) is 5. The Labute approximate surface area is 516 Å². The normalized spacial score (nSPS) is 25.1. The fraction of sp³-hybridized carbons (Fsp3) is 0.635. The number of unbranched alkanes of at least 4 members (excludes halogenated alkanes) is 2. The molecule has 88 heavy (non-hydrogen) atoms. The van der Waals surface area contributed by atoms with Crippen molar-refractivity contribution in [2.75, 3.05) is 51.7 Å². The average molecular weight is 1240 g/mol. The van der Waals surface area contributed by atoms with Gasteiger partial charge >= 0.3 is 24.2 Å². The molecule has 5 rings (SSSR count). The van der Waals surface area contributed by atoms with Crippen molar-refractivity contribution in [3.8, 4) is 0 Å². The summed E-state index contributed by atoms with van der Waals surface area (Å²) in [6.07, 6.45) is 9.09. The lowest BCUT2D eigenvalue weighted by Gasteiger charge is -2.38. The molecule has 0 bridgehead atoms. The molecule has 0 aliphatic carbocycles. The third-order valence-corrected chi connectivity index (χ3v) is 16.5. The summed E-state index contributed by atoms with van der Waals surface area (Å²) in [6, 6.07) is 3.69. The summed E-state index contributed by atoms with van der Waals surface area (Å²) >= 11 is 0. The van der Waals surface area contributed by atoms with Crippen molar-refractivity contribution in [1.29, 1.82) is 0 Å². The lowest BCUT2D eigenvalue weighted by Crippen LogP contribution is -2.54. The van der Waals surface area contributed by atoms with E-state index in [2.05, 4.69) is 21.3 Å². The Morgan fingerprint density at radius 1 is 0.920 bits per heavy atom. The molecule has 2 saturated heterocycles. The Morgan fingerprint density at radius 2 is 1.58 bits per heavy atom. The number of aliphatic hydroxyl groups is 3. The number of piperazine rings is 1. The van der Waals surface area contributed by atoms with Crippen molar-refractivity contribution in [3.05, 3.63) is 77.9 Å². The molecule has 488 valence electrons. The summed E-state index contributed by atoms with van der Waals surface area (Å²) in [5.74, 6) is -3.75. The Balaban J connectivity index is 1.12. The van der Waals surface area contributed by atoms with Crippen molar-refractivity contribution >= 4 is 59.4 Å². The molecule has 0 spiro atoms. The molecule has 4 aliphatic rings. The van der Waals surface area contributed by atoms with Gasteiger partial charge in [-0.2, -0.15) is 0 Å². The van der Waals surface area contributed by atoms with Crippen LogP contribution in [0.3, 0.4) is 0 Å². The van der Waals surface area contributed by atoms with Crippen molar-refractivity contribution in [2.24, 2.45) is 23.5 Å². The van der Waals surface area contributed by atoms with Crippen LogP contribution in [0.2, 0.25) is 0 Å². The van der Waals surface area contributed by atoms with E-state index in [0.29, 0.717) is 48.9 Å². The number of methoxy groups -OCH3 is 1. The standard InChI is InChI=1S/C63H94N8O17/c1-10-47(73)42(6)56-48(86-56)37-62(7,83)28-14-16-40(4)55-41(5)19-24-49(63(8,84-9)29-27-45(72)36-53(77)88-55)87-61(82)70-34-32-69(33-35-70)60(81)85-38-43-20-22-44(23-21-43)66-57(78)46(17-15-30-65-59(64)80)67-58(79)54(39(2)3)68-50(74)18-12-11-13-31-71-51(75)25-26-52(71)76/h14,16,19-26,28,39,41-42,45-49,54-56,72-73,83H,10-13,15,17-18,27,29-38H2,1-9H3,(H,66,78)(H,67,79)(H,68,74)(H3,64,65,80)/b24-19+,28-14+,40-16+/t41-,42+,45+,46?,47-,48+,49-,54?,55+,56+,62?,63+/m0/s1. The maximum absolute atomic E-state index is 13.9. The highest BCUT2D eigenvalue weighted by Gasteiger charge is 2.47. The number of esters is 1. The average Bonchev–Trinajstić information content (AvgIpc) is 1.84. The number of amides is 9. The second kappa shape index (κ2) is 34.0. The van der Waals surface area contributed by atoms with Gasteiger partial charge in [-0.1, -0.05) is 77.5 Å². The molecule has 1 aromatic carbocycles. The van der Waals surface area contributed by atoms with Gasteiger partial charge in [0, 0.05) is 88.9 Å². The van der Waals surface area contributed by atoms with Crippen molar-refractivity contribution < 1.29 is 82.2 Å². The molecule has 4 heterocycles. The van der Waals surface area contributed by atoms with Gasteiger partial charge < -0.3 is 75.8 Å². The summed E-state index contributed by atoms with van der Waals surface area (Å²) in [5.41, 5.74) is 4.49. The number of hydrogen-bond acceptors (Lipinski definition) is 17. The second-order valence-electron chi connectivity index (χ2n) is 24.1. The molecule has 12 atom stereocenters. The van der Waals surface area contributed by atoms with Crippen LogP contribution < -0.4 is 27.0 Å². The van der Waals surface area contributed by atoms with Gasteiger partial charge in [-0.25, -0.2) is 14.4 Å². The Morgan fingerprint density at radius 3 is 2.20 bits per heavy atom. The number of carbonyl (C=O) groups is 9. The van der Waals surface area contributed by atoms with Crippen molar-refractivity contribution in [3.63, 3.8) is 0 Å². The molecule has 25 nitrogen and oxygen atoms in total. The predicted molar refractivity (Wildman–Crippen MR) is 324 cm³/mol. The van der Waals surface area contributed by atoms with E-state index in [9.17, 15) is 58.5 Å². The number of imide groups is 1. The zero-order valence-corrected chi connectivity index (χ0v) is 52.4. The fourth-order valence-corrected chi connectivity index (χ4v) is 10.6. The largest absolute Gasteiger partial charge is 0.457 e. The molecule has 3 unspecified atom stereocenters. The molecule has 25 heteroatoms. The SMILES string of the molecule is CC[C@H](O)[C@@H](C)[C@H]1O[C@@H]1CC(C)(O)/C=C/C=C(\C)[C@H]1OC(=O)C[C@H](O)CC[C@@](C)(OC)[C@@H](OC(=O)N2CCN(C(=O)OCc3ccc(NC(=O)C(CCCNC(N)=O)NC(=O)C(NC(=O)CCCCCN4C(=O)C=CC4=O)C(C)C)cc3)CC2)/C=C/[C@@H]1C. The highest BCUT2D eigenvalue weighted by atomic mass is 16.6. The number of cyclic esters (lactones) is 1. The van der Waals surface area contributed by atoms with E-state index < -0.39 is 89.6 Å². The smallest absolute Gasteiger partial charge is 0.410 e. The third-order valence-electron chi connectivity index (χ3n) is 16.5. The maximum atomic E-state index is 13.9. The van der Waals surface area contributed by atoms with E-state index in [1.54, 1.807) is 89.3 Å². The minimum atomic E-state index is -1.23. The first-order valence-electron chi connectivity index (χ1n) is 30.6. The third kappa shape index (κ3) is 22.4. The Bertz CT molecular complexity index is 2670. The Kier molecular flexibility index (Phi) is 27.6. The number of anilines is 1. The molecule has 9 amide bonds. The molecule has 0 saturated carbocycles. The molecular weight excluding hydrogens is 1140 g/mol.